The van der Waals surface area contributed by atoms with Gasteiger partial charge in [-0.1, -0.05) is 24.3 Å². The summed E-state index contributed by atoms with van der Waals surface area (Å²) in [5, 5.41) is 1.66. The number of carbonyl (C=O) groups is 4. The Bertz CT molecular complexity index is 1970. The summed E-state index contributed by atoms with van der Waals surface area (Å²) in [6.45, 7) is 9.09. The van der Waals surface area contributed by atoms with Crippen molar-refractivity contribution in [3.8, 4) is 17.2 Å². The van der Waals surface area contributed by atoms with E-state index < -0.39 is 28.6 Å². The van der Waals surface area contributed by atoms with Gasteiger partial charge in [0.25, 0.3) is 11.1 Å². The summed E-state index contributed by atoms with van der Waals surface area (Å²) in [6, 6.07) is 15.4. The predicted molar refractivity (Wildman–Crippen MR) is 203 cm³/mol. The number of ether oxygens (including phenoxy) is 5. The summed E-state index contributed by atoms with van der Waals surface area (Å²) >= 11 is 2.22. The third kappa shape index (κ3) is 12.1. The summed E-state index contributed by atoms with van der Waals surface area (Å²) in [6.07, 6.45) is -0.711. The van der Waals surface area contributed by atoms with Gasteiger partial charge in [0.05, 0.1) is 69.0 Å². The molecule has 17 heteroatoms. The monoisotopic (exact) mass is 813 g/mol. The number of halogens is 3. The molecule has 2 aliphatic heterocycles. The topological polar surface area (TPSA) is 134 Å². The van der Waals surface area contributed by atoms with Crippen molar-refractivity contribution in [1.82, 2.24) is 10.2 Å². The molecule has 0 aliphatic carbocycles. The number of rotatable bonds is 19. The highest BCUT2D eigenvalue weighted by Gasteiger charge is 2.36. The van der Waals surface area contributed by atoms with E-state index >= 15 is 0 Å². The number of amides is 4. The van der Waals surface area contributed by atoms with Crippen molar-refractivity contribution in [2.24, 2.45) is 0 Å². The average molecular weight is 814 g/mol. The van der Waals surface area contributed by atoms with Gasteiger partial charge in [0, 0.05) is 17.9 Å². The van der Waals surface area contributed by atoms with Crippen molar-refractivity contribution in [1.29, 1.82) is 0 Å². The number of nitrogens with one attached hydrogen (secondary N) is 1. The summed E-state index contributed by atoms with van der Waals surface area (Å²) in [4.78, 5) is 54.1. The van der Waals surface area contributed by atoms with E-state index in [1.165, 1.54) is 49.2 Å². The number of methoxy groups -OCH3 is 1. The maximum atomic E-state index is 13.6. The molecular weight excluding hydrogens is 776 g/mol. The normalized spacial score (nSPS) is 16.7. The van der Waals surface area contributed by atoms with E-state index in [-0.39, 0.29) is 58.9 Å². The van der Waals surface area contributed by atoms with Gasteiger partial charge in [-0.2, -0.15) is 13.2 Å². The SMILES string of the molecule is [C-]#[N+]c1ccc(Oc2ccc(/C=C3\SC(=O)N(CCOCCOCCOCCCc4ccc(SC5CCC(=O)NC5=O)cc4)C3=O)cc2OC)c(C(F)(F)F)c1. The molecule has 4 amide bonds. The molecule has 1 atom stereocenters. The van der Waals surface area contributed by atoms with Crippen LogP contribution in [0.1, 0.15) is 36.0 Å². The Balaban J connectivity index is 0.953. The Morgan fingerprint density at radius 3 is 2.29 bits per heavy atom. The van der Waals surface area contributed by atoms with Gasteiger partial charge in [-0.15, -0.1) is 11.8 Å². The van der Waals surface area contributed by atoms with Crippen LogP contribution in [0.4, 0.5) is 23.7 Å². The lowest BCUT2D eigenvalue weighted by Crippen LogP contribution is -2.42. The molecule has 0 spiro atoms. The quantitative estimate of drug-likeness (QED) is 0.0553. The summed E-state index contributed by atoms with van der Waals surface area (Å²) in [5.41, 5.74) is 0.314. The van der Waals surface area contributed by atoms with Crippen LogP contribution in [0, 0.1) is 6.57 Å². The fourth-order valence-electron chi connectivity index (χ4n) is 5.48. The van der Waals surface area contributed by atoms with E-state index in [0.29, 0.717) is 50.9 Å². The molecule has 56 heavy (non-hydrogen) atoms. The number of carbonyl (C=O) groups excluding carboxylic acids is 4. The molecule has 0 aromatic heterocycles. The van der Waals surface area contributed by atoms with E-state index in [1.807, 2.05) is 24.3 Å². The Hall–Kier alpha value is -4.86. The zero-order valence-electron chi connectivity index (χ0n) is 30.2. The second-order valence-corrected chi connectivity index (χ2v) is 14.5. The molecule has 2 saturated heterocycles. The molecule has 0 bridgehead atoms. The number of piperidine rings is 1. The Labute approximate surface area is 329 Å². The van der Waals surface area contributed by atoms with Gasteiger partial charge in [-0.3, -0.25) is 29.4 Å². The molecule has 0 radical (unpaired) electrons. The molecule has 2 aliphatic rings. The van der Waals surface area contributed by atoms with Gasteiger partial charge in [0.2, 0.25) is 11.8 Å². The molecule has 12 nitrogen and oxygen atoms in total. The minimum atomic E-state index is -4.76. The highest BCUT2D eigenvalue weighted by Crippen LogP contribution is 2.42. The fraction of sp³-hybridized carbons (Fsp3) is 0.359. The molecule has 2 fully saturated rings. The van der Waals surface area contributed by atoms with Crippen LogP contribution in [-0.4, -0.2) is 86.4 Å². The largest absolute Gasteiger partial charge is 0.493 e. The lowest BCUT2D eigenvalue weighted by molar-refractivity contribution is -0.138. The third-order valence-corrected chi connectivity index (χ3v) is 10.5. The van der Waals surface area contributed by atoms with Crippen molar-refractivity contribution in [3.05, 3.63) is 93.7 Å². The minimum Gasteiger partial charge on any atom is -0.493 e. The smallest absolute Gasteiger partial charge is 0.418 e. The van der Waals surface area contributed by atoms with Crippen LogP contribution in [0.25, 0.3) is 10.9 Å². The number of nitrogens with zero attached hydrogens (tertiary/aromatic N) is 2. The Morgan fingerprint density at radius 1 is 0.911 bits per heavy atom. The average Bonchev–Trinajstić information content (AvgIpc) is 3.44. The lowest BCUT2D eigenvalue weighted by atomic mass is 10.1. The molecule has 0 saturated carbocycles. The van der Waals surface area contributed by atoms with Gasteiger partial charge in [-0.25, -0.2) is 4.85 Å². The lowest BCUT2D eigenvalue weighted by Gasteiger charge is -2.20. The van der Waals surface area contributed by atoms with Crippen molar-refractivity contribution < 1.29 is 56.0 Å². The first-order valence-electron chi connectivity index (χ1n) is 17.5. The minimum absolute atomic E-state index is 0.0206. The number of alkyl halides is 3. The van der Waals surface area contributed by atoms with Crippen LogP contribution in [0.5, 0.6) is 17.2 Å². The van der Waals surface area contributed by atoms with E-state index in [9.17, 15) is 32.3 Å². The molecular formula is C39H38F3N3O9S2. The van der Waals surface area contributed by atoms with E-state index in [0.717, 1.165) is 46.0 Å². The second kappa shape index (κ2) is 20.3. The molecule has 3 aromatic rings. The predicted octanol–water partition coefficient (Wildman–Crippen LogP) is 7.67. The Kier molecular flexibility index (Phi) is 15.4. The molecule has 3 aromatic carbocycles. The fourth-order valence-corrected chi connectivity index (χ4v) is 7.37. The molecule has 1 unspecified atom stereocenters. The summed E-state index contributed by atoms with van der Waals surface area (Å²) in [5.74, 6) is -1.40. The first-order valence-corrected chi connectivity index (χ1v) is 19.2. The molecule has 1 N–H and O–H groups in total. The van der Waals surface area contributed by atoms with Gasteiger partial charge < -0.3 is 23.7 Å². The van der Waals surface area contributed by atoms with E-state index in [2.05, 4.69) is 10.2 Å². The van der Waals surface area contributed by atoms with Crippen molar-refractivity contribution in [2.45, 2.75) is 42.0 Å². The zero-order chi connectivity index (χ0) is 40.1. The molecule has 296 valence electrons. The summed E-state index contributed by atoms with van der Waals surface area (Å²) in [7, 11) is 1.31. The van der Waals surface area contributed by atoms with Crippen LogP contribution < -0.4 is 14.8 Å². The van der Waals surface area contributed by atoms with Crippen LogP contribution in [0.3, 0.4) is 0 Å². The maximum Gasteiger partial charge on any atom is 0.418 e. The Morgan fingerprint density at radius 2 is 1.61 bits per heavy atom. The highest BCUT2D eigenvalue weighted by atomic mass is 32.2. The van der Waals surface area contributed by atoms with Gasteiger partial charge in [-0.05, 0) is 84.6 Å². The third-order valence-electron chi connectivity index (χ3n) is 8.32. The van der Waals surface area contributed by atoms with E-state index in [1.54, 1.807) is 0 Å². The van der Waals surface area contributed by atoms with Gasteiger partial charge in [0.1, 0.15) is 5.75 Å². The van der Waals surface area contributed by atoms with Gasteiger partial charge in [0.15, 0.2) is 17.2 Å². The van der Waals surface area contributed by atoms with Crippen LogP contribution >= 0.6 is 23.5 Å². The van der Waals surface area contributed by atoms with Crippen molar-refractivity contribution in [3.63, 3.8) is 0 Å². The second-order valence-electron chi connectivity index (χ2n) is 12.3. The molecule has 2 heterocycles. The van der Waals surface area contributed by atoms with Crippen LogP contribution in [0.15, 0.2) is 70.5 Å². The number of hydrogen-bond acceptors (Lipinski definition) is 11. The maximum absolute atomic E-state index is 13.6. The standard InChI is InChI=1S/C39H38F3N3O9S2/c1-43-27-8-12-30(29(24-27)39(40,41)42)54-31-11-7-26(22-32(31)50-2)23-34-37(48)45(38(49)56-34)15-17-52-19-21-53-20-18-51-16-3-4-25-5-9-28(10-6-25)55-33-13-14-35(46)44-36(33)47/h5-12,22-24,33H,3-4,13-21H2,2H3,(H,44,46,47)/b34-23-. The summed E-state index contributed by atoms with van der Waals surface area (Å²) < 4.78 is 68.5. The van der Waals surface area contributed by atoms with Crippen molar-refractivity contribution >= 4 is 58.2 Å². The number of aryl methyl sites for hydroxylation is 1. The van der Waals surface area contributed by atoms with Crippen LogP contribution in [-0.2, 0) is 41.2 Å². The number of benzene rings is 3. The van der Waals surface area contributed by atoms with E-state index in [4.69, 9.17) is 30.3 Å². The number of imide groups is 2. The number of thioether (sulfide) groups is 2. The van der Waals surface area contributed by atoms with Crippen LogP contribution in [0.2, 0.25) is 0 Å². The van der Waals surface area contributed by atoms with Gasteiger partial charge >= 0.3 is 6.18 Å². The first-order chi connectivity index (χ1) is 26.9. The molecule has 5 rings (SSSR count). The van der Waals surface area contributed by atoms with Crippen molar-refractivity contribution in [2.75, 3.05) is 53.3 Å². The highest BCUT2D eigenvalue weighted by molar-refractivity contribution is 8.18. The zero-order valence-corrected chi connectivity index (χ0v) is 31.9. The number of hydrogen-bond donors (Lipinski definition) is 1. The first kappa shape index (κ1) is 42.3.